The van der Waals surface area contributed by atoms with Gasteiger partial charge in [-0.1, -0.05) is 17.8 Å². The van der Waals surface area contributed by atoms with Crippen LogP contribution in [0.25, 0.3) is 5.69 Å². The molecule has 3 rings (SSSR count). The lowest BCUT2D eigenvalue weighted by atomic mass is 10.1. The normalized spacial score (nSPS) is 11.6. The van der Waals surface area contributed by atoms with Crippen LogP contribution in [-0.4, -0.2) is 33.5 Å². The summed E-state index contributed by atoms with van der Waals surface area (Å²) < 4.78 is 6.30. The Morgan fingerprint density at radius 1 is 1.06 bits per heavy atom. The maximum Gasteiger partial charge on any atom is 0.338 e. The molecule has 2 aromatic carbocycles. The lowest BCUT2D eigenvalue weighted by molar-refractivity contribution is -0.115. The molecule has 0 aliphatic carbocycles. The van der Waals surface area contributed by atoms with Gasteiger partial charge in [-0.25, -0.2) is 4.79 Å². The highest BCUT2D eigenvalue weighted by Crippen LogP contribution is 2.22. The molecule has 0 aliphatic heterocycles. The SMILES string of the molecule is CCOC(=O)c1ccc(NC(=O)[C@H](C)Sc2ccc(=O)n(-c3ccc(C)c(C)c3)n2)cc1. The smallest absolute Gasteiger partial charge is 0.338 e. The minimum absolute atomic E-state index is 0.218. The van der Waals surface area contributed by atoms with Crippen LogP contribution in [0.3, 0.4) is 0 Å². The van der Waals surface area contributed by atoms with Gasteiger partial charge in [0.1, 0.15) is 5.03 Å². The van der Waals surface area contributed by atoms with E-state index in [0.29, 0.717) is 28.6 Å². The van der Waals surface area contributed by atoms with Crippen LogP contribution in [0.4, 0.5) is 5.69 Å². The zero-order valence-corrected chi connectivity index (χ0v) is 19.2. The highest BCUT2D eigenvalue weighted by molar-refractivity contribution is 8.00. The highest BCUT2D eigenvalue weighted by Gasteiger charge is 2.17. The van der Waals surface area contributed by atoms with Crippen LogP contribution in [0.5, 0.6) is 0 Å². The van der Waals surface area contributed by atoms with Crippen molar-refractivity contribution in [2.24, 2.45) is 0 Å². The Kier molecular flexibility index (Phi) is 7.48. The summed E-state index contributed by atoms with van der Waals surface area (Å²) in [4.78, 5) is 36.7. The molecule has 1 heterocycles. The monoisotopic (exact) mass is 451 g/mol. The van der Waals surface area contributed by atoms with Crippen LogP contribution in [0.1, 0.15) is 35.3 Å². The van der Waals surface area contributed by atoms with Crippen molar-refractivity contribution in [2.45, 2.75) is 38.0 Å². The number of aromatic nitrogens is 2. The van der Waals surface area contributed by atoms with Gasteiger partial charge in [0.15, 0.2) is 0 Å². The first-order chi connectivity index (χ1) is 15.3. The zero-order valence-electron chi connectivity index (χ0n) is 18.4. The molecule has 0 saturated heterocycles. The van der Waals surface area contributed by atoms with E-state index in [2.05, 4.69) is 10.4 Å². The van der Waals surface area contributed by atoms with Gasteiger partial charge in [0.05, 0.1) is 23.1 Å². The number of carbonyl (C=O) groups excluding carboxylic acids is 2. The van der Waals surface area contributed by atoms with Gasteiger partial charge >= 0.3 is 5.97 Å². The van der Waals surface area contributed by atoms with Gasteiger partial charge in [-0.2, -0.15) is 9.78 Å². The number of amides is 1. The number of ether oxygens (including phenoxy) is 1. The van der Waals surface area contributed by atoms with E-state index in [4.69, 9.17) is 4.74 Å². The second-order valence-electron chi connectivity index (χ2n) is 7.24. The van der Waals surface area contributed by atoms with Gasteiger partial charge in [-0.05, 0) is 81.3 Å². The Bertz CT molecular complexity index is 1190. The van der Waals surface area contributed by atoms with Gasteiger partial charge in [-0.3, -0.25) is 9.59 Å². The number of carbonyl (C=O) groups is 2. The minimum Gasteiger partial charge on any atom is -0.462 e. The highest BCUT2D eigenvalue weighted by atomic mass is 32.2. The molecule has 1 amide bonds. The molecule has 0 bridgehead atoms. The van der Waals surface area contributed by atoms with Gasteiger partial charge in [-0.15, -0.1) is 0 Å². The predicted octanol–water partition coefficient (Wildman–Crippen LogP) is 4.15. The fourth-order valence-electron chi connectivity index (χ4n) is 2.88. The first kappa shape index (κ1) is 23.3. The van der Waals surface area contributed by atoms with E-state index in [1.807, 2.05) is 32.0 Å². The molecule has 0 fully saturated rings. The number of thioether (sulfide) groups is 1. The van der Waals surface area contributed by atoms with E-state index in [9.17, 15) is 14.4 Å². The second-order valence-corrected chi connectivity index (χ2v) is 8.60. The van der Waals surface area contributed by atoms with Crippen molar-refractivity contribution < 1.29 is 14.3 Å². The summed E-state index contributed by atoms with van der Waals surface area (Å²) in [6.45, 7) is 7.80. The first-order valence-corrected chi connectivity index (χ1v) is 11.1. The molecular weight excluding hydrogens is 426 g/mol. The number of nitrogens with zero attached hydrogens (tertiary/aromatic N) is 2. The van der Waals surface area contributed by atoms with Crippen molar-refractivity contribution in [1.29, 1.82) is 0 Å². The predicted molar refractivity (Wildman–Crippen MR) is 126 cm³/mol. The zero-order chi connectivity index (χ0) is 23.3. The maximum atomic E-state index is 12.6. The molecule has 0 saturated carbocycles. The fourth-order valence-corrected chi connectivity index (χ4v) is 3.69. The van der Waals surface area contributed by atoms with Crippen LogP contribution < -0.4 is 10.9 Å². The van der Waals surface area contributed by atoms with Crippen molar-refractivity contribution in [1.82, 2.24) is 9.78 Å². The Labute approximate surface area is 190 Å². The van der Waals surface area contributed by atoms with Gasteiger partial charge in [0.25, 0.3) is 5.56 Å². The first-order valence-electron chi connectivity index (χ1n) is 10.2. The molecule has 0 aliphatic rings. The largest absolute Gasteiger partial charge is 0.462 e. The number of nitrogens with one attached hydrogen (secondary N) is 1. The topological polar surface area (TPSA) is 90.3 Å². The van der Waals surface area contributed by atoms with Gasteiger partial charge < -0.3 is 10.1 Å². The second kappa shape index (κ2) is 10.3. The Hall–Kier alpha value is -3.39. The number of aryl methyl sites for hydroxylation is 2. The quantitative estimate of drug-likeness (QED) is 0.429. The Balaban J connectivity index is 1.69. The van der Waals surface area contributed by atoms with Gasteiger partial charge in [0.2, 0.25) is 5.91 Å². The molecular formula is C24H25N3O4S. The van der Waals surface area contributed by atoms with Crippen LogP contribution >= 0.6 is 11.8 Å². The number of hydrogen-bond acceptors (Lipinski definition) is 6. The molecule has 32 heavy (non-hydrogen) atoms. The summed E-state index contributed by atoms with van der Waals surface area (Å²) in [6.07, 6.45) is 0. The van der Waals surface area contributed by atoms with Gasteiger partial charge in [0, 0.05) is 11.8 Å². The number of rotatable bonds is 7. The van der Waals surface area contributed by atoms with Crippen molar-refractivity contribution >= 4 is 29.3 Å². The summed E-state index contributed by atoms with van der Waals surface area (Å²) >= 11 is 1.25. The number of hydrogen-bond donors (Lipinski definition) is 1. The molecule has 166 valence electrons. The lowest BCUT2D eigenvalue weighted by Gasteiger charge is -2.13. The van der Waals surface area contributed by atoms with Crippen LogP contribution in [-0.2, 0) is 9.53 Å². The van der Waals surface area contributed by atoms with E-state index in [-0.39, 0.29) is 11.5 Å². The molecule has 3 aromatic rings. The molecule has 1 N–H and O–H groups in total. The Morgan fingerprint density at radius 2 is 1.78 bits per heavy atom. The van der Waals surface area contributed by atoms with Crippen LogP contribution in [0.2, 0.25) is 0 Å². The summed E-state index contributed by atoms with van der Waals surface area (Å²) in [7, 11) is 0. The van der Waals surface area contributed by atoms with Crippen LogP contribution in [0.15, 0.2) is 64.4 Å². The minimum atomic E-state index is -0.460. The summed E-state index contributed by atoms with van der Waals surface area (Å²) in [5, 5.41) is 7.35. The molecule has 0 spiro atoms. The molecule has 0 unspecified atom stereocenters. The standard InChI is InChI=1S/C24H25N3O4S/c1-5-31-24(30)18-7-9-19(10-8-18)25-23(29)17(4)32-21-12-13-22(28)27(26-21)20-11-6-15(2)16(3)14-20/h6-14,17H,5H2,1-4H3,(H,25,29)/t17-/m0/s1. The lowest BCUT2D eigenvalue weighted by Crippen LogP contribution is -2.24. The van der Waals surface area contributed by atoms with E-state index >= 15 is 0 Å². The third-order valence-electron chi connectivity index (χ3n) is 4.84. The molecule has 8 heteroatoms. The maximum absolute atomic E-state index is 12.6. The van der Waals surface area contributed by atoms with E-state index in [0.717, 1.165) is 11.1 Å². The number of benzene rings is 2. The van der Waals surface area contributed by atoms with E-state index < -0.39 is 11.2 Å². The molecule has 1 atom stereocenters. The summed E-state index contributed by atoms with van der Waals surface area (Å²) in [5.41, 5.74) is 3.63. The Morgan fingerprint density at radius 3 is 2.44 bits per heavy atom. The molecule has 7 nitrogen and oxygen atoms in total. The van der Waals surface area contributed by atoms with Crippen LogP contribution in [0, 0.1) is 13.8 Å². The average molecular weight is 452 g/mol. The fraction of sp³-hybridized carbons (Fsp3) is 0.250. The number of esters is 1. The number of anilines is 1. The summed E-state index contributed by atoms with van der Waals surface area (Å²) in [6, 6.07) is 15.3. The molecule has 0 radical (unpaired) electrons. The third kappa shape index (κ3) is 5.64. The van der Waals surface area contributed by atoms with Crippen molar-refractivity contribution in [2.75, 3.05) is 11.9 Å². The average Bonchev–Trinajstić information content (AvgIpc) is 2.77. The molecule has 1 aromatic heterocycles. The van der Waals surface area contributed by atoms with E-state index in [1.54, 1.807) is 44.2 Å². The van der Waals surface area contributed by atoms with E-state index in [1.165, 1.54) is 22.5 Å². The van der Waals surface area contributed by atoms with Crippen molar-refractivity contribution in [3.8, 4) is 5.69 Å². The third-order valence-corrected chi connectivity index (χ3v) is 5.87. The summed E-state index contributed by atoms with van der Waals surface area (Å²) in [5.74, 6) is -0.621. The van der Waals surface area contributed by atoms with Crippen molar-refractivity contribution in [3.05, 3.63) is 81.6 Å². The van der Waals surface area contributed by atoms with Crippen molar-refractivity contribution in [3.63, 3.8) is 0 Å².